The Bertz CT molecular complexity index is 1580. The zero-order chi connectivity index (χ0) is 30.8. The van der Waals surface area contributed by atoms with Crippen LogP contribution in [0.25, 0.3) is 0 Å². The van der Waals surface area contributed by atoms with Crippen LogP contribution in [0.5, 0.6) is 5.75 Å². The summed E-state index contributed by atoms with van der Waals surface area (Å²) in [6, 6.07) is 9.27. The molecule has 0 atom stereocenters. The van der Waals surface area contributed by atoms with Gasteiger partial charge in [-0.2, -0.15) is 8.42 Å². The molecule has 10 heteroatoms. The van der Waals surface area contributed by atoms with Gasteiger partial charge in [-0.1, -0.05) is 46.2 Å². The van der Waals surface area contributed by atoms with Crippen LogP contribution in [0.15, 0.2) is 72.8 Å². The number of Topliss-reactive ketones (excluding diaryl/α,β-unsaturated/α-hetero) is 2. The van der Waals surface area contributed by atoms with Crippen LogP contribution < -0.4 is 4.18 Å². The van der Waals surface area contributed by atoms with Crippen molar-refractivity contribution in [2.24, 2.45) is 10.8 Å². The minimum Gasteiger partial charge on any atom is -0.377 e. The van der Waals surface area contributed by atoms with Gasteiger partial charge in [0.2, 0.25) is 0 Å². The Morgan fingerprint density at radius 2 is 1.36 bits per heavy atom. The highest BCUT2D eigenvalue weighted by Crippen LogP contribution is 2.55. The first-order valence-electron chi connectivity index (χ1n) is 14.0. The fourth-order valence-corrected chi connectivity index (χ4v) is 9.15. The third kappa shape index (κ3) is 5.91. The molecule has 2 aromatic carbocycles. The minimum atomic E-state index is -4.16. The lowest BCUT2D eigenvalue weighted by Gasteiger charge is -2.49. The van der Waals surface area contributed by atoms with Gasteiger partial charge in [0.15, 0.2) is 17.3 Å². The second kappa shape index (κ2) is 11.2. The van der Waals surface area contributed by atoms with E-state index in [1.807, 2.05) is 0 Å². The molecule has 5 rings (SSSR count). The third-order valence-corrected chi connectivity index (χ3v) is 10.8. The summed E-state index contributed by atoms with van der Waals surface area (Å²) in [6.45, 7) is 11.3. The molecule has 0 N–H and O–H groups in total. The molecular weight excluding hydrogens is 706 g/mol. The van der Waals surface area contributed by atoms with Gasteiger partial charge < -0.3 is 9.08 Å². The lowest BCUT2D eigenvalue weighted by Crippen LogP contribution is -2.44. The van der Waals surface area contributed by atoms with E-state index in [-0.39, 0.29) is 33.0 Å². The van der Waals surface area contributed by atoms with Gasteiger partial charge in [0.05, 0.1) is 8.95 Å². The third-order valence-electron chi connectivity index (χ3n) is 8.12. The molecule has 1 aliphatic heterocycles. The average molecular weight is 740 g/mol. The van der Waals surface area contributed by atoms with Crippen LogP contribution in [0.4, 0.5) is 0 Å². The molecule has 0 saturated heterocycles. The molecule has 0 unspecified atom stereocenters. The Hall–Kier alpha value is -1.94. The molecule has 0 saturated carbocycles. The normalized spacial score (nSPS) is 20.5. The number of carbonyl (C=O) groups excluding carboxylic acids is 2. The number of hydrogen-bond donors (Lipinski definition) is 0. The highest BCUT2D eigenvalue weighted by Gasteiger charge is 2.49. The number of rotatable bonds is 6. The maximum Gasteiger partial charge on any atom is 0.339 e. The van der Waals surface area contributed by atoms with E-state index in [9.17, 15) is 18.0 Å². The van der Waals surface area contributed by atoms with E-state index in [1.54, 1.807) is 12.1 Å². The van der Waals surface area contributed by atoms with Crippen LogP contribution in [0.3, 0.4) is 0 Å². The lowest BCUT2D eigenvalue weighted by atomic mass is 9.63. The summed E-state index contributed by atoms with van der Waals surface area (Å²) in [7, 11) is -4.16. The number of benzene rings is 2. The number of nitrogens with zero attached hydrogens (tertiary/aromatic N) is 1. The number of hydrogen-bond acceptors (Lipinski definition) is 6. The molecule has 0 radical (unpaired) electrons. The van der Waals surface area contributed by atoms with Crippen molar-refractivity contribution in [1.29, 1.82) is 0 Å². The summed E-state index contributed by atoms with van der Waals surface area (Å²) in [5.41, 5.74) is 3.69. The van der Waals surface area contributed by atoms with Gasteiger partial charge in [-0.15, -0.1) is 0 Å². The second-order valence-corrected chi connectivity index (χ2v) is 16.7. The van der Waals surface area contributed by atoms with E-state index >= 15 is 0 Å². The lowest BCUT2D eigenvalue weighted by molar-refractivity contribution is -0.119. The summed E-state index contributed by atoms with van der Waals surface area (Å²) in [4.78, 5) is 30.1. The fourth-order valence-electron chi connectivity index (χ4n) is 6.46. The van der Waals surface area contributed by atoms with Crippen LogP contribution in [-0.4, -0.2) is 31.4 Å². The zero-order valence-electron chi connectivity index (χ0n) is 24.3. The molecule has 1 heterocycles. The van der Waals surface area contributed by atoms with E-state index in [4.69, 9.17) is 15.8 Å². The number of ketones is 2. The van der Waals surface area contributed by atoms with Gasteiger partial charge in [0.1, 0.15) is 4.90 Å². The van der Waals surface area contributed by atoms with Crippen molar-refractivity contribution in [3.05, 3.63) is 78.5 Å². The van der Waals surface area contributed by atoms with Crippen molar-refractivity contribution in [1.82, 2.24) is 4.90 Å². The fraction of sp³-hybridized carbons (Fsp3) is 0.438. The average Bonchev–Trinajstić information content (AvgIpc) is 2.86. The van der Waals surface area contributed by atoms with E-state index in [1.165, 1.54) is 24.3 Å². The molecule has 42 heavy (non-hydrogen) atoms. The van der Waals surface area contributed by atoms with Crippen molar-refractivity contribution in [3.63, 3.8) is 0 Å². The van der Waals surface area contributed by atoms with E-state index in [0.717, 1.165) is 42.8 Å². The van der Waals surface area contributed by atoms with Gasteiger partial charge in [0, 0.05) is 52.9 Å². The van der Waals surface area contributed by atoms with E-state index < -0.39 is 16.0 Å². The van der Waals surface area contributed by atoms with E-state index in [2.05, 4.69) is 71.4 Å². The molecule has 3 aliphatic rings. The Balaban J connectivity index is 1.66. The van der Waals surface area contributed by atoms with Crippen LogP contribution in [0.1, 0.15) is 78.2 Å². The number of allylic oxidation sites excluding steroid dienone is 4. The predicted octanol–water partition coefficient (Wildman–Crippen LogP) is 8.73. The summed E-state index contributed by atoms with van der Waals surface area (Å²) in [5.74, 6) is -0.374. The molecule has 0 amide bonds. The first-order valence-corrected chi connectivity index (χ1v) is 17.4. The highest BCUT2D eigenvalue weighted by molar-refractivity contribution is 9.11. The predicted molar refractivity (Wildman–Crippen MR) is 171 cm³/mol. The minimum absolute atomic E-state index is 0.0338. The van der Waals surface area contributed by atoms with Crippen molar-refractivity contribution in [2.75, 3.05) is 6.54 Å². The summed E-state index contributed by atoms with van der Waals surface area (Å²) in [5, 5.41) is 0.411. The zero-order valence-corrected chi connectivity index (χ0v) is 29.1. The second-order valence-electron chi connectivity index (χ2n) is 13.0. The largest absolute Gasteiger partial charge is 0.377 e. The van der Waals surface area contributed by atoms with Crippen LogP contribution in [-0.2, 0) is 19.7 Å². The Morgan fingerprint density at radius 1 is 0.881 bits per heavy atom. The van der Waals surface area contributed by atoms with Gasteiger partial charge in [-0.05, 0) is 104 Å². The van der Waals surface area contributed by atoms with Crippen molar-refractivity contribution in [3.8, 4) is 5.75 Å². The van der Waals surface area contributed by atoms with Crippen LogP contribution >= 0.6 is 43.5 Å². The molecule has 0 fully saturated rings. The van der Waals surface area contributed by atoms with E-state index in [0.29, 0.717) is 38.0 Å². The monoisotopic (exact) mass is 737 g/mol. The molecule has 2 aromatic rings. The molecule has 224 valence electrons. The molecule has 2 aliphatic carbocycles. The summed E-state index contributed by atoms with van der Waals surface area (Å²) < 4.78 is 32.5. The number of carbonyl (C=O) groups is 2. The topological polar surface area (TPSA) is 80.8 Å². The van der Waals surface area contributed by atoms with Gasteiger partial charge >= 0.3 is 10.1 Å². The smallest absolute Gasteiger partial charge is 0.339 e. The van der Waals surface area contributed by atoms with Crippen molar-refractivity contribution in [2.45, 2.75) is 77.5 Å². The Morgan fingerprint density at radius 3 is 1.81 bits per heavy atom. The maximum atomic E-state index is 13.9. The number of halogens is 3. The standard InChI is InChI=1S/C32H34Br2ClNO5S/c1-6-11-36-23-14-31(2,3)16-25(37)28(23)27(29-24(36)15-32(4,5)17-26(29)38)18-12-21(33)30(22(34)13-18)41-42(39,40)20-9-7-19(35)8-10-20/h7-10,12-13,27H,6,11,14-17H2,1-5H3. The van der Waals surface area contributed by atoms with Gasteiger partial charge in [0.25, 0.3) is 0 Å². The SMILES string of the molecule is CCCN1C2=C(C(=O)CC(C)(C)C2)C(c2cc(Br)c(OS(=O)(=O)c3ccc(Cl)cc3)c(Br)c2)C2=C1CC(C)(C)CC2=O. The molecular formula is C32H34Br2ClNO5S. The highest BCUT2D eigenvalue weighted by atomic mass is 79.9. The molecule has 0 spiro atoms. The summed E-state index contributed by atoms with van der Waals surface area (Å²) >= 11 is 13.0. The first-order chi connectivity index (χ1) is 19.5. The molecule has 0 aromatic heterocycles. The van der Waals surface area contributed by atoms with Crippen LogP contribution in [0.2, 0.25) is 5.02 Å². The first kappa shape index (κ1) is 31.5. The molecule has 6 nitrogen and oxygen atoms in total. The van der Waals surface area contributed by atoms with Crippen molar-refractivity contribution < 1.29 is 22.2 Å². The van der Waals surface area contributed by atoms with Crippen LogP contribution in [0, 0.1) is 10.8 Å². The quantitative estimate of drug-likeness (QED) is 0.276. The molecule has 0 bridgehead atoms. The maximum absolute atomic E-state index is 13.9. The Kier molecular flexibility index (Phi) is 8.40. The van der Waals surface area contributed by atoms with Gasteiger partial charge in [-0.3, -0.25) is 9.59 Å². The Labute approximate surface area is 269 Å². The van der Waals surface area contributed by atoms with Crippen molar-refractivity contribution >= 4 is 65.1 Å². The summed E-state index contributed by atoms with van der Waals surface area (Å²) in [6.07, 6.45) is 3.14. The van der Waals surface area contributed by atoms with Gasteiger partial charge in [-0.25, -0.2) is 0 Å².